The summed E-state index contributed by atoms with van der Waals surface area (Å²) in [5.41, 5.74) is 5.32. The molecule has 0 saturated heterocycles. The number of primary amides is 1. The minimum absolute atomic E-state index is 0.0475. The molecular weight excluding hydrogens is 466 g/mol. The maximum atomic E-state index is 13.9. The molecule has 3 aromatic heterocycles. The van der Waals surface area contributed by atoms with E-state index >= 15 is 0 Å². The topological polar surface area (TPSA) is 121 Å². The molecule has 1 amide bonds. The van der Waals surface area contributed by atoms with Crippen molar-refractivity contribution in [2.75, 3.05) is 0 Å². The summed E-state index contributed by atoms with van der Waals surface area (Å²) in [5.74, 6) is -0.580. The Morgan fingerprint density at radius 1 is 1.29 bits per heavy atom. The molecule has 0 aliphatic carbocycles. The predicted octanol–water partition coefficient (Wildman–Crippen LogP) is 4.66. The number of aryl methyl sites for hydroxylation is 1. The van der Waals surface area contributed by atoms with Gasteiger partial charge in [0.15, 0.2) is 0 Å². The Labute approximate surface area is 207 Å². The van der Waals surface area contributed by atoms with Gasteiger partial charge >= 0.3 is 0 Å². The predicted molar refractivity (Wildman–Crippen MR) is 136 cm³/mol. The molecule has 0 spiro atoms. The third-order valence-electron chi connectivity index (χ3n) is 6.13. The molecule has 3 N–H and O–H groups in total. The summed E-state index contributed by atoms with van der Waals surface area (Å²) in [6, 6.07) is 9.64. The number of amides is 1. The van der Waals surface area contributed by atoms with Gasteiger partial charge in [-0.15, -0.1) is 11.3 Å². The van der Waals surface area contributed by atoms with E-state index in [9.17, 15) is 14.7 Å². The lowest BCUT2D eigenvalue weighted by Crippen LogP contribution is -2.42. The van der Waals surface area contributed by atoms with Gasteiger partial charge in [0.1, 0.15) is 22.9 Å². The van der Waals surface area contributed by atoms with Crippen LogP contribution < -0.4 is 11.3 Å². The smallest absolute Gasteiger partial charge is 0.259 e. The lowest BCUT2D eigenvalue weighted by atomic mass is 9.83. The van der Waals surface area contributed by atoms with E-state index in [2.05, 4.69) is 4.98 Å². The number of fused-ring (bicyclic) bond motifs is 1. The van der Waals surface area contributed by atoms with Crippen molar-refractivity contribution in [3.05, 3.63) is 69.8 Å². The van der Waals surface area contributed by atoms with Crippen molar-refractivity contribution in [2.45, 2.75) is 58.8 Å². The number of carbonyl (C=O) groups is 1. The van der Waals surface area contributed by atoms with Crippen molar-refractivity contribution in [1.29, 1.82) is 0 Å². The zero-order valence-electron chi connectivity index (χ0n) is 20.4. The van der Waals surface area contributed by atoms with Gasteiger partial charge in [-0.2, -0.15) is 0 Å². The first-order chi connectivity index (χ1) is 16.5. The van der Waals surface area contributed by atoms with Gasteiger partial charge in [-0.1, -0.05) is 30.3 Å². The molecule has 0 aliphatic rings. The second-order valence-electron chi connectivity index (χ2n) is 9.29. The molecule has 1 atom stereocenters. The number of nitrogens with two attached hydrogens (primary N) is 1. The van der Waals surface area contributed by atoms with Crippen molar-refractivity contribution in [3.8, 4) is 16.5 Å². The van der Waals surface area contributed by atoms with Gasteiger partial charge in [0.05, 0.1) is 40.1 Å². The quantitative estimate of drug-likeness (QED) is 0.367. The molecule has 0 aliphatic heterocycles. The maximum Gasteiger partial charge on any atom is 0.259 e. The van der Waals surface area contributed by atoms with E-state index in [1.165, 1.54) is 37.6 Å². The van der Waals surface area contributed by atoms with Crippen molar-refractivity contribution in [1.82, 2.24) is 9.55 Å². The second-order valence-corrected chi connectivity index (χ2v) is 10.3. The summed E-state index contributed by atoms with van der Waals surface area (Å²) >= 11 is 1.30. The van der Waals surface area contributed by atoms with Crippen LogP contribution in [0.4, 0.5) is 0 Å². The van der Waals surface area contributed by atoms with Crippen LogP contribution in [0.1, 0.15) is 50.5 Å². The Hall–Kier alpha value is -3.43. The Morgan fingerprint density at radius 3 is 2.54 bits per heavy atom. The second kappa shape index (κ2) is 9.31. The minimum Gasteiger partial charge on any atom is -0.507 e. The van der Waals surface area contributed by atoms with Crippen LogP contribution >= 0.6 is 11.3 Å². The van der Waals surface area contributed by atoms with Crippen LogP contribution in [0.5, 0.6) is 5.75 Å². The SMILES string of the molecule is Cc1c(-c2ncco2)sc2c1c(O)c(C(C)(C)C(N)=O)c(=O)n2C[C@H](OC(C)C)c1ccccc1. The number of rotatable bonds is 8. The van der Waals surface area contributed by atoms with E-state index in [-0.39, 0.29) is 24.0 Å². The fraction of sp³-hybridized carbons (Fsp3) is 0.346. The van der Waals surface area contributed by atoms with Gasteiger partial charge in [-0.25, -0.2) is 4.98 Å². The first kappa shape index (κ1) is 24.7. The summed E-state index contributed by atoms with van der Waals surface area (Å²) < 4.78 is 13.3. The molecule has 1 aromatic carbocycles. The van der Waals surface area contributed by atoms with Crippen molar-refractivity contribution in [2.24, 2.45) is 5.73 Å². The Balaban J connectivity index is 2.03. The van der Waals surface area contributed by atoms with Gasteiger partial charge in [0.2, 0.25) is 11.8 Å². The summed E-state index contributed by atoms with van der Waals surface area (Å²) in [6.45, 7) is 8.94. The molecule has 8 nitrogen and oxygen atoms in total. The number of pyridine rings is 1. The Bertz CT molecular complexity index is 1420. The molecule has 35 heavy (non-hydrogen) atoms. The molecule has 0 saturated carbocycles. The van der Waals surface area contributed by atoms with Crippen molar-refractivity contribution < 1.29 is 19.1 Å². The van der Waals surface area contributed by atoms with Crippen LogP contribution in [-0.2, 0) is 21.5 Å². The molecule has 184 valence electrons. The lowest BCUT2D eigenvalue weighted by molar-refractivity contribution is -0.122. The molecule has 4 rings (SSSR count). The molecule has 3 heterocycles. The number of thiophene rings is 1. The van der Waals surface area contributed by atoms with Crippen LogP contribution in [0, 0.1) is 6.92 Å². The number of ether oxygens (including phenoxy) is 1. The average Bonchev–Trinajstić information content (AvgIpc) is 3.44. The zero-order valence-corrected chi connectivity index (χ0v) is 21.2. The maximum absolute atomic E-state index is 13.9. The van der Waals surface area contributed by atoms with Crippen molar-refractivity contribution in [3.63, 3.8) is 0 Å². The number of aromatic nitrogens is 2. The lowest BCUT2D eigenvalue weighted by Gasteiger charge is -2.26. The normalized spacial score (nSPS) is 13.0. The van der Waals surface area contributed by atoms with Gasteiger partial charge < -0.3 is 20.0 Å². The van der Waals surface area contributed by atoms with Gasteiger partial charge in [-0.3, -0.25) is 14.2 Å². The van der Waals surface area contributed by atoms with Crippen LogP contribution in [-0.4, -0.2) is 26.7 Å². The molecular formula is C26H29N3O5S. The van der Waals surface area contributed by atoms with Crippen molar-refractivity contribution >= 4 is 27.5 Å². The summed E-state index contributed by atoms with van der Waals surface area (Å²) in [7, 11) is 0. The van der Waals surface area contributed by atoms with Crippen LogP contribution in [0.3, 0.4) is 0 Å². The first-order valence-corrected chi connectivity index (χ1v) is 12.1. The molecule has 9 heteroatoms. The number of aromatic hydroxyl groups is 1. The number of oxazole rings is 1. The number of nitrogens with zero attached hydrogens (tertiary/aromatic N) is 2. The number of hydrogen-bond donors (Lipinski definition) is 2. The number of benzene rings is 1. The Morgan fingerprint density at radius 2 is 1.97 bits per heavy atom. The highest BCUT2D eigenvalue weighted by atomic mass is 32.1. The molecule has 0 bridgehead atoms. The van der Waals surface area contributed by atoms with Crippen LogP contribution in [0.2, 0.25) is 0 Å². The van der Waals surface area contributed by atoms with Gasteiger partial charge in [0, 0.05) is 0 Å². The molecule has 0 unspecified atom stereocenters. The highest BCUT2D eigenvalue weighted by Gasteiger charge is 2.37. The fourth-order valence-corrected chi connectivity index (χ4v) is 5.46. The Kier molecular flexibility index (Phi) is 6.57. The molecule has 0 fully saturated rings. The number of hydrogen-bond acceptors (Lipinski definition) is 7. The van der Waals surface area contributed by atoms with E-state index in [4.69, 9.17) is 14.9 Å². The standard InChI is InChI=1S/C26H29N3O5S/c1-14(2)34-17(16-9-7-6-8-10-16)13-29-23(31)19(26(4,5)25(27)32)20(30)18-15(3)21(35-24(18)29)22-28-11-12-33-22/h6-12,14,17,30H,13H2,1-5H3,(H2,27,32)/t17-/m0/s1. The first-order valence-electron chi connectivity index (χ1n) is 11.3. The van der Waals surface area contributed by atoms with E-state index in [0.29, 0.717) is 26.5 Å². The monoisotopic (exact) mass is 495 g/mol. The van der Waals surface area contributed by atoms with E-state index < -0.39 is 23.0 Å². The van der Waals surface area contributed by atoms with Gasteiger partial charge in [0.25, 0.3) is 5.56 Å². The third-order valence-corrected chi connectivity index (χ3v) is 7.43. The fourth-order valence-electron chi connectivity index (χ4n) is 4.20. The highest BCUT2D eigenvalue weighted by Crippen LogP contribution is 2.44. The largest absolute Gasteiger partial charge is 0.507 e. The van der Waals surface area contributed by atoms with E-state index in [0.717, 1.165) is 5.56 Å². The average molecular weight is 496 g/mol. The number of carbonyl (C=O) groups excluding carboxylic acids is 1. The summed E-state index contributed by atoms with van der Waals surface area (Å²) in [4.78, 5) is 31.7. The third kappa shape index (κ3) is 4.37. The van der Waals surface area contributed by atoms with E-state index in [1.807, 2.05) is 51.1 Å². The zero-order chi connectivity index (χ0) is 25.5. The molecule has 4 aromatic rings. The highest BCUT2D eigenvalue weighted by molar-refractivity contribution is 7.22. The molecule has 0 radical (unpaired) electrons. The van der Waals surface area contributed by atoms with Crippen LogP contribution in [0.25, 0.3) is 21.0 Å². The van der Waals surface area contributed by atoms with E-state index in [1.54, 1.807) is 4.57 Å². The van der Waals surface area contributed by atoms with Gasteiger partial charge in [-0.05, 0) is 45.7 Å². The summed E-state index contributed by atoms with van der Waals surface area (Å²) in [6.07, 6.45) is 2.46. The summed E-state index contributed by atoms with van der Waals surface area (Å²) in [5, 5.41) is 11.8. The minimum atomic E-state index is -1.41. The van der Waals surface area contributed by atoms with Crippen LogP contribution in [0.15, 0.2) is 52.0 Å².